The number of H-pyrrole nitrogens is 1. The number of imidazole rings is 1. The highest BCUT2D eigenvalue weighted by atomic mass is 16.7. The Balaban J connectivity index is 2.26. The third-order valence-corrected chi connectivity index (χ3v) is 3.30. The molecule has 0 saturated carbocycles. The van der Waals surface area contributed by atoms with Crippen LogP contribution in [0.15, 0.2) is 35.3 Å². The Morgan fingerprint density at radius 1 is 1.29 bits per heavy atom. The Hall–Kier alpha value is -2.09. The number of aromatic nitrogens is 2. The molecule has 1 aromatic carbocycles. The molecule has 3 N–H and O–H groups in total. The van der Waals surface area contributed by atoms with Gasteiger partial charge in [0.25, 0.3) is 0 Å². The van der Waals surface area contributed by atoms with Crippen molar-refractivity contribution in [2.45, 2.75) is 19.2 Å². The van der Waals surface area contributed by atoms with Crippen LogP contribution in [0.25, 0.3) is 0 Å². The molecule has 0 aliphatic carbocycles. The Morgan fingerprint density at radius 3 is 2.52 bits per heavy atom. The van der Waals surface area contributed by atoms with Gasteiger partial charge < -0.3 is 19.7 Å². The third-order valence-electron chi connectivity index (χ3n) is 3.30. The van der Waals surface area contributed by atoms with Gasteiger partial charge in [0.1, 0.15) is 5.75 Å². The summed E-state index contributed by atoms with van der Waals surface area (Å²) in [6.45, 7) is 1.90. The zero-order valence-electron chi connectivity index (χ0n) is 12.2. The van der Waals surface area contributed by atoms with Gasteiger partial charge in [-0.1, -0.05) is 12.1 Å². The molecule has 1 heterocycles. The predicted octanol–water partition coefficient (Wildman–Crippen LogP) is 0.936. The zero-order chi connectivity index (χ0) is 15.4. The van der Waals surface area contributed by atoms with Crippen molar-refractivity contribution in [3.05, 3.63) is 52.2 Å². The Bertz CT molecular complexity index is 632. The van der Waals surface area contributed by atoms with Crippen LogP contribution in [0.3, 0.4) is 0 Å². The van der Waals surface area contributed by atoms with E-state index in [9.17, 15) is 9.90 Å². The standard InChI is InChI=1S/C14H19N3O4/c1-9(10-4-6-11(20-2)7-5-10)17-8-12(15-14(17)19)13(18)16-21-3/h4-9,13,16,18H,1-3H3,(H,15,19). The number of aromatic amines is 1. The Kier molecular flexibility index (Phi) is 4.79. The summed E-state index contributed by atoms with van der Waals surface area (Å²) in [7, 11) is 2.99. The lowest BCUT2D eigenvalue weighted by molar-refractivity contribution is -0.0340. The van der Waals surface area contributed by atoms with Crippen molar-refractivity contribution >= 4 is 0 Å². The maximum atomic E-state index is 12.0. The molecule has 2 atom stereocenters. The van der Waals surface area contributed by atoms with E-state index in [1.165, 1.54) is 11.7 Å². The topological polar surface area (TPSA) is 88.5 Å². The number of nitrogens with zero attached hydrogens (tertiary/aromatic N) is 1. The fraction of sp³-hybridized carbons (Fsp3) is 0.357. The lowest BCUT2D eigenvalue weighted by Crippen LogP contribution is -2.21. The summed E-state index contributed by atoms with van der Waals surface area (Å²) in [5, 5.41) is 9.74. The number of aliphatic hydroxyl groups excluding tert-OH is 1. The van der Waals surface area contributed by atoms with E-state index in [4.69, 9.17) is 4.74 Å². The van der Waals surface area contributed by atoms with E-state index >= 15 is 0 Å². The average molecular weight is 293 g/mol. The summed E-state index contributed by atoms with van der Waals surface area (Å²) in [6, 6.07) is 7.29. The monoisotopic (exact) mass is 293 g/mol. The number of benzene rings is 1. The number of ether oxygens (including phenoxy) is 1. The van der Waals surface area contributed by atoms with Crippen LogP contribution in [0.2, 0.25) is 0 Å². The van der Waals surface area contributed by atoms with Crippen LogP contribution in [0.1, 0.15) is 30.5 Å². The molecule has 0 bridgehead atoms. The summed E-state index contributed by atoms with van der Waals surface area (Å²) in [5.41, 5.74) is 3.34. The molecule has 0 aliphatic heterocycles. The summed E-state index contributed by atoms with van der Waals surface area (Å²) >= 11 is 0. The van der Waals surface area contributed by atoms with E-state index in [1.54, 1.807) is 13.3 Å². The minimum atomic E-state index is -1.09. The van der Waals surface area contributed by atoms with Crippen LogP contribution in [-0.4, -0.2) is 28.9 Å². The van der Waals surface area contributed by atoms with Gasteiger partial charge in [-0.05, 0) is 24.6 Å². The van der Waals surface area contributed by atoms with Gasteiger partial charge >= 0.3 is 5.69 Å². The van der Waals surface area contributed by atoms with Crippen LogP contribution in [0.5, 0.6) is 5.75 Å². The highest BCUT2D eigenvalue weighted by Gasteiger charge is 2.16. The smallest absolute Gasteiger partial charge is 0.326 e. The number of hydrogen-bond donors (Lipinski definition) is 3. The lowest BCUT2D eigenvalue weighted by Gasteiger charge is -2.13. The summed E-state index contributed by atoms with van der Waals surface area (Å²) < 4.78 is 6.62. The molecule has 2 aromatic rings. The van der Waals surface area contributed by atoms with Gasteiger partial charge in [0.05, 0.1) is 26.0 Å². The second-order valence-corrected chi connectivity index (χ2v) is 4.60. The first-order valence-electron chi connectivity index (χ1n) is 6.48. The number of hydroxylamine groups is 1. The molecule has 7 nitrogen and oxygen atoms in total. The maximum absolute atomic E-state index is 12.0. The molecule has 0 amide bonds. The molecule has 0 spiro atoms. The number of aliphatic hydroxyl groups is 1. The molecule has 114 valence electrons. The maximum Gasteiger partial charge on any atom is 0.326 e. The van der Waals surface area contributed by atoms with Gasteiger partial charge in [-0.2, -0.15) is 5.48 Å². The van der Waals surface area contributed by atoms with Crippen molar-refractivity contribution in [1.82, 2.24) is 15.0 Å². The largest absolute Gasteiger partial charge is 0.497 e. The van der Waals surface area contributed by atoms with Gasteiger partial charge in [0.2, 0.25) is 0 Å². The molecule has 0 saturated heterocycles. The molecule has 0 fully saturated rings. The van der Waals surface area contributed by atoms with Gasteiger partial charge in [-0.15, -0.1) is 0 Å². The van der Waals surface area contributed by atoms with Crippen LogP contribution >= 0.6 is 0 Å². The summed E-state index contributed by atoms with van der Waals surface area (Å²) in [4.78, 5) is 19.2. The lowest BCUT2D eigenvalue weighted by atomic mass is 10.1. The molecular weight excluding hydrogens is 274 g/mol. The first kappa shape index (κ1) is 15.3. The van der Waals surface area contributed by atoms with Crippen molar-refractivity contribution < 1.29 is 14.7 Å². The normalized spacial score (nSPS) is 13.9. The van der Waals surface area contributed by atoms with Crippen molar-refractivity contribution in [3.63, 3.8) is 0 Å². The molecular formula is C14H19N3O4. The van der Waals surface area contributed by atoms with Crippen molar-refractivity contribution in [2.24, 2.45) is 0 Å². The fourth-order valence-corrected chi connectivity index (χ4v) is 2.07. The Labute approximate surface area is 122 Å². The van der Waals surface area contributed by atoms with Crippen LogP contribution in [-0.2, 0) is 4.84 Å². The minimum absolute atomic E-state index is 0.178. The van der Waals surface area contributed by atoms with Crippen LogP contribution in [0.4, 0.5) is 0 Å². The van der Waals surface area contributed by atoms with Crippen molar-refractivity contribution in [3.8, 4) is 5.75 Å². The van der Waals surface area contributed by atoms with E-state index in [0.29, 0.717) is 5.69 Å². The quantitative estimate of drug-likeness (QED) is 0.545. The molecule has 0 radical (unpaired) electrons. The molecule has 2 unspecified atom stereocenters. The SMILES string of the molecule is CONC(O)c1cn(C(C)c2ccc(OC)cc2)c(=O)[nH]1. The molecule has 7 heteroatoms. The Morgan fingerprint density at radius 2 is 1.95 bits per heavy atom. The highest BCUT2D eigenvalue weighted by molar-refractivity contribution is 5.29. The molecule has 1 aromatic heterocycles. The number of rotatable bonds is 6. The van der Waals surface area contributed by atoms with E-state index in [1.807, 2.05) is 31.2 Å². The van der Waals surface area contributed by atoms with E-state index in [-0.39, 0.29) is 11.7 Å². The van der Waals surface area contributed by atoms with E-state index in [2.05, 4.69) is 15.3 Å². The fourth-order valence-electron chi connectivity index (χ4n) is 2.07. The second-order valence-electron chi connectivity index (χ2n) is 4.60. The average Bonchev–Trinajstić information content (AvgIpc) is 2.89. The number of nitrogens with one attached hydrogen (secondary N) is 2. The van der Waals surface area contributed by atoms with E-state index in [0.717, 1.165) is 11.3 Å². The summed E-state index contributed by atoms with van der Waals surface area (Å²) in [6.07, 6.45) is 0.473. The van der Waals surface area contributed by atoms with Gasteiger partial charge in [0.15, 0.2) is 6.23 Å². The van der Waals surface area contributed by atoms with E-state index < -0.39 is 6.23 Å². The molecule has 0 aliphatic rings. The third kappa shape index (κ3) is 3.33. The van der Waals surface area contributed by atoms with Crippen LogP contribution < -0.4 is 15.9 Å². The number of methoxy groups -OCH3 is 1. The van der Waals surface area contributed by atoms with Gasteiger partial charge in [-0.25, -0.2) is 4.79 Å². The van der Waals surface area contributed by atoms with Gasteiger partial charge in [-0.3, -0.25) is 4.57 Å². The number of hydrogen-bond acceptors (Lipinski definition) is 5. The predicted molar refractivity (Wildman–Crippen MR) is 77.0 cm³/mol. The second kappa shape index (κ2) is 6.57. The first-order valence-corrected chi connectivity index (χ1v) is 6.48. The van der Waals surface area contributed by atoms with Crippen molar-refractivity contribution in [2.75, 3.05) is 14.2 Å². The van der Waals surface area contributed by atoms with Gasteiger partial charge in [0, 0.05) is 6.20 Å². The highest BCUT2D eigenvalue weighted by Crippen LogP contribution is 2.20. The molecule has 21 heavy (non-hydrogen) atoms. The minimum Gasteiger partial charge on any atom is -0.497 e. The molecule has 2 rings (SSSR count). The first-order chi connectivity index (χ1) is 10.1. The van der Waals surface area contributed by atoms with Crippen molar-refractivity contribution in [1.29, 1.82) is 0 Å². The zero-order valence-corrected chi connectivity index (χ0v) is 12.2. The van der Waals surface area contributed by atoms with Crippen LogP contribution in [0, 0.1) is 0 Å². The summed E-state index contributed by atoms with van der Waals surface area (Å²) in [5.74, 6) is 0.757.